The summed E-state index contributed by atoms with van der Waals surface area (Å²) in [5, 5.41) is 4.13. The van der Waals surface area contributed by atoms with Gasteiger partial charge < -0.3 is 9.64 Å². The van der Waals surface area contributed by atoms with E-state index in [9.17, 15) is 9.18 Å². The van der Waals surface area contributed by atoms with E-state index >= 15 is 0 Å². The second kappa shape index (κ2) is 7.66. The molecule has 0 saturated carbocycles. The molecule has 1 amide bonds. The SMILES string of the molecule is COc1ccc(/C=C/C(=O)N2CCc3sccc3[C@H]2c2cccs2)cc1F. The van der Waals surface area contributed by atoms with Crippen LogP contribution in [0.4, 0.5) is 4.39 Å². The van der Waals surface area contributed by atoms with Crippen molar-refractivity contribution in [3.8, 4) is 5.75 Å². The van der Waals surface area contributed by atoms with Gasteiger partial charge >= 0.3 is 0 Å². The number of carbonyl (C=O) groups excluding carboxylic acids is 1. The van der Waals surface area contributed by atoms with Gasteiger partial charge in [-0.05, 0) is 58.6 Å². The van der Waals surface area contributed by atoms with Gasteiger partial charge in [-0.25, -0.2) is 4.39 Å². The highest BCUT2D eigenvalue weighted by Crippen LogP contribution is 2.39. The minimum Gasteiger partial charge on any atom is -0.494 e. The number of carbonyl (C=O) groups is 1. The highest BCUT2D eigenvalue weighted by Gasteiger charge is 2.32. The minimum absolute atomic E-state index is 0.0512. The fourth-order valence-electron chi connectivity index (χ4n) is 3.36. The molecular weight excluding hydrogens is 381 g/mol. The fourth-order valence-corrected chi connectivity index (χ4v) is 5.12. The molecule has 0 saturated heterocycles. The summed E-state index contributed by atoms with van der Waals surface area (Å²) < 4.78 is 18.8. The van der Waals surface area contributed by atoms with Crippen molar-refractivity contribution >= 4 is 34.7 Å². The molecule has 2 aromatic heterocycles. The van der Waals surface area contributed by atoms with E-state index in [1.807, 2.05) is 16.3 Å². The van der Waals surface area contributed by atoms with Crippen molar-refractivity contribution in [2.24, 2.45) is 0 Å². The molecule has 6 heteroatoms. The predicted octanol–water partition coefficient (Wildman–Crippen LogP) is 5.14. The lowest BCUT2D eigenvalue weighted by atomic mass is 9.98. The van der Waals surface area contributed by atoms with Gasteiger partial charge in [0.2, 0.25) is 5.91 Å². The van der Waals surface area contributed by atoms with E-state index in [4.69, 9.17) is 4.74 Å². The Morgan fingerprint density at radius 1 is 1.26 bits per heavy atom. The highest BCUT2D eigenvalue weighted by atomic mass is 32.1. The van der Waals surface area contributed by atoms with Crippen molar-refractivity contribution in [3.63, 3.8) is 0 Å². The average molecular weight is 400 g/mol. The summed E-state index contributed by atoms with van der Waals surface area (Å²) in [5.74, 6) is -0.317. The van der Waals surface area contributed by atoms with Crippen LogP contribution < -0.4 is 4.74 Å². The van der Waals surface area contributed by atoms with Crippen LogP contribution in [-0.4, -0.2) is 24.5 Å². The molecule has 0 N–H and O–H groups in total. The van der Waals surface area contributed by atoms with E-state index in [1.54, 1.807) is 40.9 Å². The molecule has 1 aromatic carbocycles. The number of nitrogens with zero attached hydrogens (tertiary/aromatic N) is 1. The number of methoxy groups -OCH3 is 1. The Labute approximate surface area is 165 Å². The highest BCUT2D eigenvalue weighted by molar-refractivity contribution is 7.10. The van der Waals surface area contributed by atoms with Crippen molar-refractivity contribution in [1.29, 1.82) is 0 Å². The first kappa shape index (κ1) is 17.9. The Morgan fingerprint density at radius 2 is 2.15 bits per heavy atom. The number of rotatable bonds is 4. The zero-order valence-corrected chi connectivity index (χ0v) is 16.4. The molecule has 3 heterocycles. The van der Waals surface area contributed by atoms with E-state index in [0.717, 1.165) is 11.3 Å². The Morgan fingerprint density at radius 3 is 2.89 bits per heavy atom. The van der Waals surface area contributed by atoms with E-state index in [-0.39, 0.29) is 17.7 Å². The maximum Gasteiger partial charge on any atom is 0.247 e. The van der Waals surface area contributed by atoms with Crippen LogP contribution in [0.2, 0.25) is 0 Å². The van der Waals surface area contributed by atoms with Crippen molar-refractivity contribution < 1.29 is 13.9 Å². The van der Waals surface area contributed by atoms with Crippen molar-refractivity contribution in [3.05, 3.63) is 79.9 Å². The quantitative estimate of drug-likeness (QED) is 0.568. The maximum absolute atomic E-state index is 13.9. The van der Waals surface area contributed by atoms with Crippen LogP contribution in [0.15, 0.2) is 53.2 Å². The Balaban J connectivity index is 1.60. The summed E-state index contributed by atoms with van der Waals surface area (Å²) >= 11 is 3.41. The van der Waals surface area contributed by atoms with Gasteiger partial charge in [0.15, 0.2) is 11.6 Å². The number of halogens is 1. The van der Waals surface area contributed by atoms with Crippen LogP contribution in [0.5, 0.6) is 5.75 Å². The molecule has 1 aliphatic heterocycles. The summed E-state index contributed by atoms with van der Waals surface area (Å²) in [5.41, 5.74) is 1.84. The van der Waals surface area contributed by atoms with Crippen molar-refractivity contribution in [2.45, 2.75) is 12.5 Å². The van der Waals surface area contributed by atoms with Gasteiger partial charge in [0.05, 0.1) is 13.2 Å². The molecule has 0 fully saturated rings. The third-order valence-corrected chi connectivity index (χ3v) is 6.58. The lowest BCUT2D eigenvalue weighted by Crippen LogP contribution is -2.38. The third-order valence-electron chi connectivity index (χ3n) is 4.66. The number of hydrogen-bond acceptors (Lipinski definition) is 4. The topological polar surface area (TPSA) is 29.5 Å². The monoisotopic (exact) mass is 399 g/mol. The van der Waals surface area contributed by atoms with E-state index < -0.39 is 5.82 Å². The normalized spacial score (nSPS) is 16.5. The summed E-state index contributed by atoms with van der Waals surface area (Å²) in [6, 6.07) is 10.8. The van der Waals surface area contributed by atoms with Crippen molar-refractivity contribution in [1.82, 2.24) is 4.90 Å². The van der Waals surface area contributed by atoms with E-state index in [0.29, 0.717) is 12.1 Å². The largest absolute Gasteiger partial charge is 0.494 e. The summed E-state index contributed by atoms with van der Waals surface area (Å²) in [7, 11) is 1.43. The minimum atomic E-state index is -0.440. The molecule has 1 aliphatic rings. The number of thiophene rings is 2. The molecule has 1 atom stereocenters. The first-order valence-corrected chi connectivity index (χ1v) is 10.3. The molecule has 3 aromatic rings. The number of benzene rings is 1. The lowest BCUT2D eigenvalue weighted by molar-refractivity contribution is -0.127. The molecule has 0 spiro atoms. The Kier molecular flexibility index (Phi) is 5.09. The van der Waals surface area contributed by atoms with Gasteiger partial charge in [-0.1, -0.05) is 12.1 Å². The fraction of sp³-hybridized carbons (Fsp3) is 0.190. The molecule has 138 valence electrons. The molecule has 3 nitrogen and oxygen atoms in total. The zero-order valence-electron chi connectivity index (χ0n) is 14.7. The first-order chi connectivity index (χ1) is 13.2. The van der Waals surface area contributed by atoms with Crippen molar-refractivity contribution in [2.75, 3.05) is 13.7 Å². The molecule has 0 aliphatic carbocycles. The van der Waals surface area contributed by atoms with Gasteiger partial charge in [0.25, 0.3) is 0 Å². The van der Waals surface area contributed by atoms with Crippen LogP contribution in [0, 0.1) is 5.82 Å². The van der Waals surface area contributed by atoms with Crippen LogP contribution in [0.3, 0.4) is 0 Å². The number of hydrogen-bond donors (Lipinski definition) is 0. The molecule has 0 unspecified atom stereocenters. The zero-order chi connectivity index (χ0) is 18.8. The smallest absolute Gasteiger partial charge is 0.247 e. The average Bonchev–Trinajstić information content (AvgIpc) is 3.37. The van der Waals surface area contributed by atoms with Gasteiger partial charge in [-0.3, -0.25) is 4.79 Å². The summed E-state index contributed by atoms with van der Waals surface area (Å²) in [6.07, 6.45) is 4.05. The molecular formula is C21H18FNO2S2. The Bertz CT molecular complexity index is 978. The Hall–Kier alpha value is -2.44. The maximum atomic E-state index is 13.9. The van der Waals surface area contributed by atoms with Gasteiger partial charge in [0, 0.05) is 22.4 Å². The molecule has 4 rings (SSSR count). The second-order valence-corrected chi connectivity index (χ2v) is 8.21. The second-order valence-electron chi connectivity index (χ2n) is 6.23. The van der Waals surface area contributed by atoms with Gasteiger partial charge in [0.1, 0.15) is 0 Å². The van der Waals surface area contributed by atoms with Crippen LogP contribution >= 0.6 is 22.7 Å². The molecule has 0 radical (unpaired) electrons. The van der Waals surface area contributed by atoms with E-state index in [2.05, 4.69) is 17.5 Å². The standard InChI is InChI=1S/C21H18FNO2S2/c1-25-17-6-4-14(13-16(17)22)5-7-20(24)23-10-8-18-15(9-12-27-18)21(23)19-3-2-11-26-19/h2-7,9,11-13,21H,8,10H2,1H3/b7-5+/t21-/m0/s1. The summed E-state index contributed by atoms with van der Waals surface area (Å²) in [6.45, 7) is 0.677. The van der Waals surface area contributed by atoms with Crippen LogP contribution in [0.25, 0.3) is 6.08 Å². The number of ether oxygens (including phenoxy) is 1. The van der Waals surface area contributed by atoms with E-state index in [1.165, 1.54) is 29.7 Å². The number of fused-ring (bicyclic) bond motifs is 1. The van der Waals surface area contributed by atoms with Gasteiger partial charge in [-0.15, -0.1) is 22.7 Å². The van der Waals surface area contributed by atoms with Gasteiger partial charge in [-0.2, -0.15) is 0 Å². The van der Waals surface area contributed by atoms with Crippen LogP contribution in [-0.2, 0) is 11.2 Å². The van der Waals surface area contributed by atoms with Crippen LogP contribution in [0.1, 0.15) is 26.9 Å². The molecule has 27 heavy (non-hydrogen) atoms. The lowest BCUT2D eigenvalue weighted by Gasteiger charge is -2.34. The third kappa shape index (κ3) is 3.55. The number of amides is 1. The summed E-state index contributed by atoms with van der Waals surface area (Å²) in [4.78, 5) is 17.4. The predicted molar refractivity (Wildman–Crippen MR) is 108 cm³/mol. The molecule has 0 bridgehead atoms. The first-order valence-electron chi connectivity index (χ1n) is 8.59.